The Kier molecular flexibility index (Phi) is 5.36. The van der Waals surface area contributed by atoms with E-state index in [1.54, 1.807) is 24.3 Å². The number of aryl methyl sites for hydroxylation is 1. The fourth-order valence-electron chi connectivity index (χ4n) is 2.44. The van der Waals surface area contributed by atoms with Gasteiger partial charge in [-0.25, -0.2) is 8.42 Å². The molecule has 0 aliphatic carbocycles. The van der Waals surface area contributed by atoms with Crippen molar-refractivity contribution in [2.45, 2.75) is 19.3 Å². The number of piperidine rings is 1. The van der Waals surface area contributed by atoms with Gasteiger partial charge in [0.05, 0.1) is 11.5 Å². The fourth-order valence-corrected chi connectivity index (χ4v) is 3.95. The molecule has 1 fully saturated rings. The molecule has 0 unspecified atom stereocenters. The number of nitrogens with two attached hydrogens (primary N) is 1. The van der Waals surface area contributed by atoms with Crippen molar-refractivity contribution >= 4 is 15.7 Å². The summed E-state index contributed by atoms with van der Waals surface area (Å²) in [7, 11) is -3.15. The van der Waals surface area contributed by atoms with E-state index in [1.807, 2.05) is 0 Å². The van der Waals surface area contributed by atoms with Crippen LogP contribution in [-0.2, 0) is 16.3 Å². The van der Waals surface area contributed by atoms with Crippen molar-refractivity contribution in [2.75, 3.05) is 18.8 Å². The first-order valence-corrected chi connectivity index (χ1v) is 8.85. The highest BCUT2D eigenvalue weighted by atomic mass is 32.2. The molecule has 0 bridgehead atoms. The van der Waals surface area contributed by atoms with Crippen LogP contribution in [0.4, 0.5) is 0 Å². The first-order chi connectivity index (χ1) is 9.96. The van der Waals surface area contributed by atoms with E-state index in [-0.39, 0.29) is 11.7 Å². The van der Waals surface area contributed by atoms with Gasteiger partial charge in [0, 0.05) is 5.56 Å². The number of benzene rings is 1. The molecule has 3 N–H and O–H groups in total. The van der Waals surface area contributed by atoms with Crippen LogP contribution >= 0.6 is 0 Å². The molecule has 1 amide bonds. The van der Waals surface area contributed by atoms with E-state index < -0.39 is 15.7 Å². The van der Waals surface area contributed by atoms with Crippen LogP contribution < -0.4 is 11.1 Å². The topological polar surface area (TPSA) is 89.3 Å². The number of nitrogens with one attached hydrogen (secondary N) is 1. The molecule has 1 radical (unpaired) electrons. The van der Waals surface area contributed by atoms with Crippen LogP contribution in [0.5, 0.6) is 0 Å². The summed E-state index contributed by atoms with van der Waals surface area (Å²) in [5, 5.41) is 3.22. The highest BCUT2D eigenvalue weighted by Gasteiger charge is 2.21. The van der Waals surface area contributed by atoms with E-state index in [9.17, 15) is 13.2 Å². The summed E-state index contributed by atoms with van der Waals surface area (Å²) < 4.78 is 24.2. The molecule has 1 saturated heterocycles. The summed E-state index contributed by atoms with van der Waals surface area (Å²) in [5.41, 5.74) is 6.49. The van der Waals surface area contributed by atoms with Gasteiger partial charge < -0.3 is 11.1 Å². The molecule has 1 aliphatic heterocycles. The second-order valence-electron chi connectivity index (χ2n) is 5.40. The molecule has 0 spiro atoms. The Morgan fingerprint density at radius 1 is 1.24 bits per heavy atom. The lowest BCUT2D eigenvalue weighted by Gasteiger charge is -2.21. The van der Waals surface area contributed by atoms with Gasteiger partial charge in [-0.05, 0) is 56.0 Å². The lowest BCUT2D eigenvalue weighted by atomic mass is 10.0. The monoisotopic (exact) mass is 309 g/mol. The molecule has 1 heterocycles. The van der Waals surface area contributed by atoms with Crippen LogP contribution in [0.15, 0.2) is 24.3 Å². The number of primary amides is 1. The van der Waals surface area contributed by atoms with Crippen molar-refractivity contribution in [3.63, 3.8) is 0 Å². The molecule has 115 valence electrons. The molecule has 1 aromatic carbocycles. The van der Waals surface area contributed by atoms with Gasteiger partial charge in [0.15, 0.2) is 9.84 Å². The molecular formula is C15H21N2O3S. The van der Waals surface area contributed by atoms with Gasteiger partial charge >= 0.3 is 0 Å². The predicted molar refractivity (Wildman–Crippen MR) is 82.3 cm³/mol. The standard InChI is InChI=1S/C15H21N2O3S/c16-15(18)14-3-1-12(2-4-14)7-10-21(19,20)11-13-5-8-17-9-6-13/h1-4,11,13,17H,5-10H2,(H2,16,18). The zero-order valence-electron chi connectivity index (χ0n) is 11.9. The number of carbonyl (C=O) groups is 1. The number of carbonyl (C=O) groups excluding carboxylic acids is 1. The average Bonchev–Trinajstić information content (AvgIpc) is 2.46. The van der Waals surface area contributed by atoms with E-state index in [2.05, 4.69) is 5.32 Å². The van der Waals surface area contributed by atoms with Gasteiger partial charge in [-0.1, -0.05) is 12.1 Å². The van der Waals surface area contributed by atoms with E-state index in [4.69, 9.17) is 5.73 Å². The maximum Gasteiger partial charge on any atom is 0.248 e. The van der Waals surface area contributed by atoms with Gasteiger partial charge in [-0.2, -0.15) is 0 Å². The average molecular weight is 309 g/mol. The summed E-state index contributed by atoms with van der Waals surface area (Å²) in [6.45, 7) is 1.76. The molecular weight excluding hydrogens is 288 g/mol. The summed E-state index contributed by atoms with van der Waals surface area (Å²) in [6, 6.07) is 6.75. The number of amides is 1. The first-order valence-electron chi connectivity index (χ1n) is 7.13. The molecule has 6 heteroatoms. The van der Waals surface area contributed by atoms with Crippen LogP contribution in [0.2, 0.25) is 0 Å². The Labute approximate surface area is 125 Å². The maximum atomic E-state index is 12.1. The first kappa shape index (κ1) is 16.0. The lowest BCUT2D eigenvalue weighted by Crippen LogP contribution is -2.29. The number of hydrogen-bond acceptors (Lipinski definition) is 4. The minimum absolute atomic E-state index is 0.104. The largest absolute Gasteiger partial charge is 0.366 e. The second kappa shape index (κ2) is 7.04. The normalized spacial score (nSPS) is 16.8. The molecule has 0 saturated carbocycles. The summed E-state index contributed by atoms with van der Waals surface area (Å²) in [5.74, 6) is 1.31. The van der Waals surface area contributed by atoms with Crippen LogP contribution in [0.3, 0.4) is 0 Å². The van der Waals surface area contributed by atoms with Gasteiger partial charge in [0.25, 0.3) is 0 Å². The van der Waals surface area contributed by atoms with Crippen molar-refractivity contribution in [3.8, 4) is 0 Å². The highest BCUT2D eigenvalue weighted by molar-refractivity contribution is 7.93. The SMILES string of the molecule is NC(=O)c1ccc(CCS(=O)(=O)[CH]C2CCNCC2)cc1. The van der Waals surface area contributed by atoms with Crippen molar-refractivity contribution < 1.29 is 13.2 Å². The Bertz CT molecular complexity index is 575. The van der Waals surface area contributed by atoms with E-state index in [0.29, 0.717) is 12.0 Å². The van der Waals surface area contributed by atoms with E-state index in [1.165, 1.54) is 5.75 Å². The Hall–Kier alpha value is -1.40. The Balaban J connectivity index is 1.87. The smallest absolute Gasteiger partial charge is 0.248 e. The van der Waals surface area contributed by atoms with Gasteiger partial charge in [-0.3, -0.25) is 4.79 Å². The third-order valence-corrected chi connectivity index (χ3v) is 5.27. The van der Waals surface area contributed by atoms with Crippen molar-refractivity contribution in [1.29, 1.82) is 0 Å². The Morgan fingerprint density at radius 2 is 1.86 bits per heavy atom. The van der Waals surface area contributed by atoms with Crippen LogP contribution in [0.25, 0.3) is 0 Å². The van der Waals surface area contributed by atoms with Gasteiger partial charge in [-0.15, -0.1) is 0 Å². The minimum atomic E-state index is -3.15. The number of sulfone groups is 1. The lowest BCUT2D eigenvalue weighted by molar-refractivity contribution is 0.100. The van der Waals surface area contributed by atoms with Gasteiger partial charge in [0.1, 0.15) is 0 Å². The molecule has 0 aromatic heterocycles. The van der Waals surface area contributed by atoms with E-state index in [0.717, 1.165) is 31.5 Å². The molecule has 1 aliphatic rings. The van der Waals surface area contributed by atoms with E-state index >= 15 is 0 Å². The highest BCUT2D eigenvalue weighted by Crippen LogP contribution is 2.19. The van der Waals surface area contributed by atoms with Crippen molar-refractivity contribution in [1.82, 2.24) is 5.32 Å². The van der Waals surface area contributed by atoms with Crippen molar-refractivity contribution in [3.05, 3.63) is 41.1 Å². The maximum absolute atomic E-state index is 12.1. The van der Waals surface area contributed by atoms with Crippen molar-refractivity contribution in [2.24, 2.45) is 11.7 Å². The van der Waals surface area contributed by atoms with Crippen LogP contribution in [0.1, 0.15) is 28.8 Å². The minimum Gasteiger partial charge on any atom is -0.366 e. The number of rotatable bonds is 6. The predicted octanol–water partition coefficient (Wildman–Crippen LogP) is 0.904. The Morgan fingerprint density at radius 3 is 2.43 bits per heavy atom. The van der Waals surface area contributed by atoms with Crippen LogP contribution in [-0.4, -0.2) is 33.2 Å². The fraction of sp³-hybridized carbons (Fsp3) is 0.467. The van der Waals surface area contributed by atoms with Crippen LogP contribution in [0, 0.1) is 11.7 Å². The quantitative estimate of drug-likeness (QED) is 0.817. The summed E-state index contributed by atoms with van der Waals surface area (Å²) in [6.07, 6.45) is 2.21. The molecule has 0 atom stereocenters. The third kappa shape index (κ3) is 5.13. The molecule has 5 nitrogen and oxygen atoms in total. The molecule has 21 heavy (non-hydrogen) atoms. The third-order valence-electron chi connectivity index (χ3n) is 3.70. The zero-order valence-corrected chi connectivity index (χ0v) is 12.7. The second-order valence-corrected chi connectivity index (χ2v) is 7.41. The summed E-state index contributed by atoms with van der Waals surface area (Å²) in [4.78, 5) is 11.0. The molecule has 2 rings (SSSR count). The zero-order chi connectivity index (χ0) is 15.3. The summed E-state index contributed by atoms with van der Waals surface area (Å²) >= 11 is 0. The molecule has 1 aromatic rings. The van der Waals surface area contributed by atoms with Gasteiger partial charge in [0.2, 0.25) is 5.91 Å². The number of hydrogen-bond donors (Lipinski definition) is 2.